The van der Waals surface area contributed by atoms with E-state index in [2.05, 4.69) is 6.92 Å². The van der Waals surface area contributed by atoms with Gasteiger partial charge < -0.3 is 5.11 Å². The molecule has 0 saturated carbocycles. The Balaban J connectivity index is 2.05. The molecule has 16 heavy (non-hydrogen) atoms. The first kappa shape index (κ1) is 13.1. The van der Waals surface area contributed by atoms with E-state index in [0.717, 1.165) is 18.4 Å². The Morgan fingerprint density at radius 1 is 0.875 bits per heavy atom. The molecule has 1 rings (SSSR count). The van der Waals surface area contributed by atoms with Crippen LogP contribution in [0.5, 0.6) is 5.75 Å². The molecule has 1 nitrogen and oxygen atoms in total. The number of hydrogen-bond acceptors (Lipinski definition) is 1. The third-order valence-electron chi connectivity index (χ3n) is 3.02. The SMILES string of the molecule is CCCCCCCCCc1ccccc1[O-]. The highest BCUT2D eigenvalue weighted by atomic mass is 16.3. The number of unbranched alkanes of at least 4 members (excludes halogenated alkanes) is 6. The monoisotopic (exact) mass is 219 g/mol. The molecule has 1 aromatic rings. The second kappa shape index (κ2) is 8.20. The summed E-state index contributed by atoms with van der Waals surface area (Å²) in [6, 6.07) is 7.39. The highest BCUT2D eigenvalue weighted by molar-refractivity contribution is 5.30. The molecule has 90 valence electrons. The fraction of sp³-hybridized carbons (Fsp3) is 0.600. The van der Waals surface area contributed by atoms with Gasteiger partial charge in [-0.3, -0.25) is 0 Å². The van der Waals surface area contributed by atoms with Crippen LogP contribution in [0, 0.1) is 0 Å². The Kier molecular flexibility index (Phi) is 6.71. The molecule has 1 heteroatoms. The van der Waals surface area contributed by atoms with E-state index in [1.54, 1.807) is 6.07 Å². The van der Waals surface area contributed by atoms with E-state index < -0.39 is 0 Å². The summed E-state index contributed by atoms with van der Waals surface area (Å²) >= 11 is 0. The Bertz CT molecular complexity index is 281. The summed E-state index contributed by atoms with van der Waals surface area (Å²) in [5.41, 5.74) is 0.982. The van der Waals surface area contributed by atoms with Crippen LogP contribution in [0.1, 0.15) is 57.4 Å². The quantitative estimate of drug-likeness (QED) is 0.605. The fourth-order valence-electron chi connectivity index (χ4n) is 1.98. The summed E-state index contributed by atoms with van der Waals surface area (Å²) in [5, 5.41) is 11.4. The van der Waals surface area contributed by atoms with Crippen LogP contribution in [-0.4, -0.2) is 0 Å². The van der Waals surface area contributed by atoms with Gasteiger partial charge >= 0.3 is 0 Å². The smallest absolute Gasteiger partial charge is 0.0285 e. The molecule has 0 aliphatic carbocycles. The standard InChI is InChI=1S/C15H24O/c1-2-3-4-5-6-7-8-11-14-12-9-10-13-15(14)16/h9-10,12-13,16H,2-8,11H2,1H3/p-1. The lowest BCUT2D eigenvalue weighted by Crippen LogP contribution is -1.96. The van der Waals surface area contributed by atoms with E-state index in [9.17, 15) is 5.11 Å². The van der Waals surface area contributed by atoms with Crippen molar-refractivity contribution in [1.29, 1.82) is 0 Å². The molecule has 0 aliphatic rings. The van der Waals surface area contributed by atoms with Gasteiger partial charge in [0.05, 0.1) is 0 Å². The van der Waals surface area contributed by atoms with Crippen molar-refractivity contribution >= 4 is 0 Å². The molecule has 0 aliphatic heterocycles. The minimum Gasteiger partial charge on any atom is -0.872 e. The van der Waals surface area contributed by atoms with Crippen molar-refractivity contribution in [2.45, 2.75) is 58.3 Å². The Morgan fingerprint density at radius 3 is 2.19 bits per heavy atom. The molecule has 0 amide bonds. The zero-order valence-corrected chi connectivity index (χ0v) is 10.4. The molecule has 0 heterocycles. The van der Waals surface area contributed by atoms with Gasteiger partial charge in [0.15, 0.2) is 0 Å². The van der Waals surface area contributed by atoms with Crippen LogP contribution in [0.4, 0.5) is 0 Å². The van der Waals surface area contributed by atoms with Gasteiger partial charge in [-0.1, -0.05) is 75.3 Å². The van der Waals surface area contributed by atoms with E-state index in [4.69, 9.17) is 0 Å². The van der Waals surface area contributed by atoms with E-state index in [-0.39, 0.29) is 5.75 Å². The summed E-state index contributed by atoms with van der Waals surface area (Å²) in [6.45, 7) is 2.24. The molecule has 0 fully saturated rings. The second-order valence-electron chi connectivity index (χ2n) is 4.48. The molecular formula is C15H23O-. The van der Waals surface area contributed by atoms with Gasteiger partial charge in [0.2, 0.25) is 0 Å². The van der Waals surface area contributed by atoms with Gasteiger partial charge in [-0.25, -0.2) is 0 Å². The van der Waals surface area contributed by atoms with Crippen LogP contribution >= 0.6 is 0 Å². The van der Waals surface area contributed by atoms with Crippen molar-refractivity contribution in [2.75, 3.05) is 0 Å². The normalized spacial score (nSPS) is 10.6. The molecule has 0 aromatic heterocycles. The number of hydrogen-bond donors (Lipinski definition) is 0. The molecule has 0 saturated heterocycles. The minimum absolute atomic E-state index is 0.202. The largest absolute Gasteiger partial charge is 0.872 e. The molecule has 0 radical (unpaired) electrons. The lowest BCUT2D eigenvalue weighted by atomic mass is 10.0. The zero-order valence-electron chi connectivity index (χ0n) is 10.4. The molecule has 0 unspecified atom stereocenters. The first-order valence-corrected chi connectivity index (χ1v) is 6.59. The number of aryl methyl sites for hydroxylation is 1. The third kappa shape index (κ3) is 5.20. The maximum atomic E-state index is 11.4. The Labute approximate surface area is 99.5 Å². The lowest BCUT2D eigenvalue weighted by molar-refractivity contribution is -0.269. The van der Waals surface area contributed by atoms with Crippen molar-refractivity contribution in [2.24, 2.45) is 0 Å². The highest BCUT2D eigenvalue weighted by Gasteiger charge is 1.94. The van der Waals surface area contributed by atoms with Crippen LogP contribution in [0.15, 0.2) is 24.3 Å². The van der Waals surface area contributed by atoms with E-state index in [1.807, 2.05) is 18.2 Å². The summed E-state index contributed by atoms with van der Waals surface area (Å²) < 4.78 is 0. The Hall–Kier alpha value is -0.980. The summed E-state index contributed by atoms with van der Waals surface area (Å²) in [5.74, 6) is 0.202. The lowest BCUT2D eigenvalue weighted by Gasteiger charge is -2.12. The summed E-state index contributed by atoms with van der Waals surface area (Å²) in [4.78, 5) is 0. The van der Waals surface area contributed by atoms with Gasteiger partial charge in [-0.15, -0.1) is 5.75 Å². The van der Waals surface area contributed by atoms with Crippen molar-refractivity contribution in [3.63, 3.8) is 0 Å². The van der Waals surface area contributed by atoms with Crippen molar-refractivity contribution in [3.8, 4) is 5.75 Å². The first-order chi connectivity index (χ1) is 7.84. The van der Waals surface area contributed by atoms with Crippen molar-refractivity contribution in [3.05, 3.63) is 29.8 Å². The number of benzene rings is 1. The van der Waals surface area contributed by atoms with Gasteiger partial charge in [0.25, 0.3) is 0 Å². The third-order valence-corrected chi connectivity index (χ3v) is 3.02. The van der Waals surface area contributed by atoms with E-state index in [0.29, 0.717) is 0 Å². The fourth-order valence-corrected chi connectivity index (χ4v) is 1.98. The maximum absolute atomic E-state index is 11.4. The molecule has 0 N–H and O–H groups in total. The van der Waals surface area contributed by atoms with Crippen molar-refractivity contribution in [1.82, 2.24) is 0 Å². The van der Waals surface area contributed by atoms with Crippen molar-refractivity contribution < 1.29 is 5.11 Å². The Morgan fingerprint density at radius 2 is 1.50 bits per heavy atom. The molecular weight excluding hydrogens is 196 g/mol. The maximum Gasteiger partial charge on any atom is -0.0285 e. The first-order valence-electron chi connectivity index (χ1n) is 6.59. The van der Waals surface area contributed by atoms with E-state index in [1.165, 1.54) is 38.5 Å². The predicted octanol–water partition coefficient (Wildman–Crippen LogP) is 4.05. The molecule has 0 spiro atoms. The predicted molar refractivity (Wildman–Crippen MR) is 67.6 cm³/mol. The summed E-state index contributed by atoms with van der Waals surface area (Å²) in [7, 11) is 0. The summed E-state index contributed by atoms with van der Waals surface area (Å²) in [6.07, 6.45) is 10.1. The van der Waals surface area contributed by atoms with Crippen LogP contribution in [0.3, 0.4) is 0 Å². The topological polar surface area (TPSA) is 23.1 Å². The zero-order chi connectivity index (χ0) is 11.6. The average Bonchev–Trinajstić information content (AvgIpc) is 2.30. The average molecular weight is 219 g/mol. The number of rotatable bonds is 8. The number of para-hydroxylation sites is 1. The highest BCUT2D eigenvalue weighted by Crippen LogP contribution is 2.16. The molecule has 0 bridgehead atoms. The van der Waals surface area contributed by atoms with Crippen LogP contribution in [0.2, 0.25) is 0 Å². The van der Waals surface area contributed by atoms with E-state index >= 15 is 0 Å². The molecule has 1 aromatic carbocycles. The van der Waals surface area contributed by atoms with Crippen LogP contribution < -0.4 is 5.11 Å². The second-order valence-corrected chi connectivity index (χ2v) is 4.48. The minimum atomic E-state index is 0.202. The van der Waals surface area contributed by atoms with Crippen LogP contribution in [-0.2, 0) is 6.42 Å². The van der Waals surface area contributed by atoms with Gasteiger partial charge in [-0.2, -0.15) is 0 Å². The molecule has 0 atom stereocenters. The van der Waals surface area contributed by atoms with Gasteiger partial charge in [0, 0.05) is 0 Å². The van der Waals surface area contributed by atoms with Gasteiger partial charge in [-0.05, 0) is 12.8 Å². The van der Waals surface area contributed by atoms with Gasteiger partial charge in [0.1, 0.15) is 0 Å². The van der Waals surface area contributed by atoms with Crippen LogP contribution in [0.25, 0.3) is 0 Å².